The van der Waals surface area contributed by atoms with Gasteiger partial charge in [0, 0.05) is 18.5 Å². The van der Waals surface area contributed by atoms with Crippen molar-refractivity contribution in [1.82, 2.24) is 0 Å². The number of halogens is 1. The smallest absolute Gasteiger partial charge is 0.255 e. The average Bonchev–Trinajstić information content (AvgIpc) is 2.50. The highest BCUT2D eigenvalue weighted by Gasteiger charge is 2.11. The Morgan fingerprint density at radius 1 is 1.04 bits per heavy atom. The molecule has 0 radical (unpaired) electrons. The van der Waals surface area contributed by atoms with Gasteiger partial charge >= 0.3 is 0 Å². The molecule has 0 unspecified atom stereocenters. The van der Waals surface area contributed by atoms with Gasteiger partial charge in [0.25, 0.3) is 5.91 Å². The zero-order valence-corrected chi connectivity index (χ0v) is 12.7. The molecule has 2 aromatic rings. The third-order valence-corrected chi connectivity index (χ3v) is 3.18. The molecule has 0 aliphatic rings. The van der Waals surface area contributed by atoms with E-state index >= 15 is 0 Å². The van der Waals surface area contributed by atoms with Gasteiger partial charge in [0.15, 0.2) is 0 Å². The lowest BCUT2D eigenvalue weighted by Crippen LogP contribution is -2.19. The fraction of sp³-hybridized carbons (Fsp3) is 0.176. The minimum Gasteiger partial charge on any atom is -0.330 e. The largest absolute Gasteiger partial charge is 0.330 e. The number of carbonyl (C=O) groups is 2. The van der Waals surface area contributed by atoms with Gasteiger partial charge in [-0.3, -0.25) is 9.59 Å². The third-order valence-electron chi connectivity index (χ3n) is 3.18. The van der Waals surface area contributed by atoms with Crippen LogP contribution in [0, 0.1) is 12.7 Å². The van der Waals surface area contributed by atoms with Crippen LogP contribution in [0.25, 0.3) is 0 Å². The summed E-state index contributed by atoms with van der Waals surface area (Å²) in [6, 6.07) is 10.5. The fourth-order valence-corrected chi connectivity index (χ4v) is 2.01. The number of nitrogens with one attached hydrogen (secondary N) is 2. The van der Waals surface area contributed by atoms with Crippen LogP contribution in [0.2, 0.25) is 0 Å². The predicted octanol–water partition coefficient (Wildman–Crippen LogP) is 2.67. The Hall–Kier alpha value is -2.73. The van der Waals surface area contributed by atoms with E-state index < -0.39 is 5.82 Å². The van der Waals surface area contributed by atoms with Crippen LogP contribution < -0.4 is 16.4 Å². The minimum atomic E-state index is -0.411. The Morgan fingerprint density at radius 2 is 1.74 bits per heavy atom. The molecule has 120 valence electrons. The first-order chi connectivity index (χ1) is 11.0. The minimum absolute atomic E-state index is 0.194. The van der Waals surface area contributed by atoms with E-state index in [1.165, 1.54) is 24.3 Å². The highest BCUT2D eigenvalue weighted by Crippen LogP contribution is 2.24. The summed E-state index contributed by atoms with van der Waals surface area (Å²) in [4.78, 5) is 23.9. The highest BCUT2D eigenvalue weighted by molar-refractivity contribution is 6.07. The van der Waals surface area contributed by atoms with E-state index in [1.807, 2.05) is 13.0 Å². The Bertz CT molecular complexity index is 714. The van der Waals surface area contributed by atoms with Gasteiger partial charge in [-0.05, 0) is 48.9 Å². The summed E-state index contributed by atoms with van der Waals surface area (Å²) in [7, 11) is 0. The molecule has 0 fully saturated rings. The Morgan fingerprint density at radius 3 is 2.39 bits per heavy atom. The van der Waals surface area contributed by atoms with Crippen molar-refractivity contribution in [2.45, 2.75) is 13.3 Å². The molecule has 0 aliphatic carbocycles. The summed E-state index contributed by atoms with van der Waals surface area (Å²) in [5, 5.41) is 5.44. The van der Waals surface area contributed by atoms with E-state index in [0.29, 0.717) is 16.9 Å². The van der Waals surface area contributed by atoms with Gasteiger partial charge in [-0.1, -0.05) is 6.07 Å². The molecule has 0 heterocycles. The normalized spacial score (nSPS) is 10.2. The summed E-state index contributed by atoms with van der Waals surface area (Å²) in [5.74, 6) is -1.02. The first-order valence-electron chi connectivity index (χ1n) is 7.17. The SMILES string of the molecule is Cc1ccc(NC(=O)c2ccc(F)cc2)c(NC(=O)CCN)c1. The predicted molar refractivity (Wildman–Crippen MR) is 87.8 cm³/mol. The number of aryl methyl sites for hydroxylation is 1. The number of carbonyl (C=O) groups excluding carboxylic acids is 2. The molecule has 2 aromatic carbocycles. The van der Waals surface area contributed by atoms with Crippen LogP contribution in [0.1, 0.15) is 22.3 Å². The first kappa shape index (κ1) is 16.6. The summed E-state index contributed by atoms with van der Waals surface area (Å²) in [5.41, 5.74) is 7.59. The Kier molecular flexibility index (Phi) is 5.43. The molecule has 0 aliphatic heterocycles. The summed E-state index contributed by atoms with van der Waals surface area (Å²) >= 11 is 0. The zero-order chi connectivity index (χ0) is 16.8. The maximum Gasteiger partial charge on any atom is 0.255 e. The van der Waals surface area contributed by atoms with Gasteiger partial charge in [-0.15, -0.1) is 0 Å². The first-order valence-corrected chi connectivity index (χ1v) is 7.17. The molecule has 2 rings (SSSR count). The zero-order valence-electron chi connectivity index (χ0n) is 12.7. The highest BCUT2D eigenvalue weighted by atomic mass is 19.1. The monoisotopic (exact) mass is 315 g/mol. The maximum absolute atomic E-state index is 12.9. The molecule has 4 N–H and O–H groups in total. The molecule has 0 saturated heterocycles. The number of anilines is 2. The van der Waals surface area contributed by atoms with E-state index in [2.05, 4.69) is 10.6 Å². The van der Waals surface area contributed by atoms with Crippen LogP contribution in [-0.4, -0.2) is 18.4 Å². The molecular formula is C17H18FN3O2. The van der Waals surface area contributed by atoms with Gasteiger partial charge in [0.05, 0.1) is 11.4 Å². The summed E-state index contributed by atoms with van der Waals surface area (Å²) in [6.07, 6.45) is 0.194. The second-order valence-corrected chi connectivity index (χ2v) is 5.10. The Balaban J connectivity index is 2.19. The van der Waals surface area contributed by atoms with Crippen LogP contribution in [-0.2, 0) is 4.79 Å². The lowest BCUT2D eigenvalue weighted by atomic mass is 10.1. The molecule has 23 heavy (non-hydrogen) atoms. The van der Waals surface area contributed by atoms with Gasteiger partial charge < -0.3 is 16.4 Å². The molecule has 2 amide bonds. The molecule has 0 atom stereocenters. The molecule has 6 heteroatoms. The number of nitrogens with two attached hydrogens (primary N) is 1. The molecular weight excluding hydrogens is 297 g/mol. The van der Waals surface area contributed by atoms with Crippen molar-refractivity contribution in [2.24, 2.45) is 5.73 Å². The number of hydrogen-bond acceptors (Lipinski definition) is 3. The maximum atomic E-state index is 12.9. The summed E-state index contributed by atoms with van der Waals surface area (Å²) in [6.45, 7) is 2.12. The van der Waals surface area contributed by atoms with Crippen LogP contribution in [0.5, 0.6) is 0 Å². The fourth-order valence-electron chi connectivity index (χ4n) is 2.01. The van der Waals surface area contributed by atoms with Crippen molar-refractivity contribution in [2.75, 3.05) is 17.2 Å². The lowest BCUT2D eigenvalue weighted by Gasteiger charge is -2.13. The van der Waals surface area contributed by atoms with Gasteiger partial charge in [-0.2, -0.15) is 0 Å². The van der Waals surface area contributed by atoms with Crippen LogP contribution >= 0.6 is 0 Å². The molecule has 0 aromatic heterocycles. The van der Waals surface area contributed by atoms with Crippen LogP contribution in [0.3, 0.4) is 0 Å². The van der Waals surface area contributed by atoms with E-state index in [0.717, 1.165) is 5.56 Å². The van der Waals surface area contributed by atoms with Crippen molar-refractivity contribution in [3.8, 4) is 0 Å². The molecule has 0 spiro atoms. The van der Waals surface area contributed by atoms with E-state index in [1.54, 1.807) is 12.1 Å². The van der Waals surface area contributed by atoms with Crippen LogP contribution in [0.4, 0.5) is 15.8 Å². The summed E-state index contributed by atoms with van der Waals surface area (Å²) < 4.78 is 12.9. The van der Waals surface area contributed by atoms with Gasteiger partial charge in [0.1, 0.15) is 5.82 Å². The lowest BCUT2D eigenvalue weighted by molar-refractivity contribution is -0.116. The van der Waals surface area contributed by atoms with Crippen LogP contribution in [0.15, 0.2) is 42.5 Å². The van der Waals surface area contributed by atoms with Gasteiger partial charge in [-0.25, -0.2) is 4.39 Å². The standard InChI is InChI=1S/C17H18FN3O2/c1-11-2-7-14(15(10-11)20-16(22)8-9-19)21-17(23)12-3-5-13(18)6-4-12/h2-7,10H,8-9,19H2,1H3,(H,20,22)(H,21,23). The van der Waals surface area contributed by atoms with Crippen molar-refractivity contribution in [3.63, 3.8) is 0 Å². The van der Waals surface area contributed by atoms with E-state index in [-0.39, 0.29) is 24.8 Å². The second kappa shape index (κ2) is 7.51. The van der Waals surface area contributed by atoms with Crippen molar-refractivity contribution in [3.05, 3.63) is 59.4 Å². The number of amides is 2. The molecule has 0 saturated carbocycles. The quantitative estimate of drug-likeness (QED) is 0.793. The number of benzene rings is 2. The molecule has 5 nitrogen and oxygen atoms in total. The van der Waals surface area contributed by atoms with Crippen molar-refractivity contribution in [1.29, 1.82) is 0 Å². The second-order valence-electron chi connectivity index (χ2n) is 5.10. The van der Waals surface area contributed by atoms with Crippen molar-refractivity contribution >= 4 is 23.2 Å². The van der Waals surface area contributed by atoms with Crippen molar-refractivity contribution < 1.29 is 14.0 Å². The Labute approximate surface area is 133 Å². The number of rotatable bonds is 5. The van der Waals surface area contributed by atoms with E-state index in [9.17, 15) is 14.0 Å². The topological polar surface area (TPSA) is 84.2 Å². The van der Waals surface area contributed by atoms with Gasteiger partial charge in [0.2, 0.25) is 5.91 Å². The number of hydrogen-bond donors (Lipinski definition) is 3. The molecule has 0 bridgehead atoms. The van der Waals surface area contributed by atoms with E-state index in [4.69, 9.17) is 5.73 Å². The average molecular weight is 315 g/mol. The third kappa shape index (κ3) is 4.62.